The third kappa shape index (κ3) is 46.3. The summed E-state index contributed by atoms with van der Waals surface area (Å²) in [6.07, 6.45) is 18.4. The zero-order valence-corrected chi connectivity index (χ0v) is 19.0. The first-order valence-corrected chi connectivity index (χ1v) is 11.1. The Kier molecular flexibility index (Phi) is 44.2. The Labute approximate surface area is 180 Å². The van der Waals surface area contributed by atoms with Gasteiger partial charge in [0.05, 0.1) is 0 Å². The molecule has 0 unspecified atom stereocenters. The average molecular weight is 413 g/mol. The predicted octanol–water partition coefficient (Wildman–Crippen LogP) is 8.19. The largest absolute Gasteiger partial charge is 0.481 e. The van der Waals surface area contributed by atoms with Gasteiger partial charge in [0.25, 0.3) is 0 Å². The van der Waals surface area contributed by atoms with Crippen molar-refractivity contribution in [2.75, 3.05) is 0 Å². The summed E-state index contributed by atoms with van der Waals surface area (Å²) >= 11 is 0. The summed E-state index contributed by atoms with van der Waals surface area (Å²) in [4.78, 5) is 20.7. The molecule has 0 aliphatic carbocycles. The highest BCUT2D eigenvalue weighted by atomic mass is 16.4. The molecule has 0 radical (unpaired) electrons. The summed E-state index contributed by atoms with van der Waals surface area (Å²) in [6.45, 7) is 18.0. The van der Waals surface area contributed by atoms with Gasteiger partial charge in [0.15, 0.2) is 0 Å². The topological polar surface area (TPSA) is 74.6 Å². The van der Waals surface area contributed by atoms with Gasteiger partial charge in [-0.05, 0) is 12.8 Å². The molecule has 4 nitrogen and oxygen atoms in total. The zero-order valence-electron chi connectivity index (χ0n) is 19.0. The normalized spacial score (nSPS) is 8.97. The van der Waals surface area contributed by atoms with E-state index >= 15 is 0 Å². The second kappa shape index (κ2) is 37.0. The second-order valence-electron chi connectivity index (χ2n) is 6.59. The first kappa shape index (κ1) is 34.7. The maximum Gasteiger partial charge on any atom is 0.303 e. The Morgan fingerprint density at radius 2 is 0.517 bits per heavy atom. The van der Waals surface area contributed by atoms with E-state index in [1.165, 1.54) is 70.6 Å². The number of rotatable bonds is 18. The van der Waals surface area contributed by atoms with Crippen molar-refractivity contribution in [3.63, 3.8) is 0 Å². The van der Waals surface area contributed by atoms with E-state index in [4.69, 9.17) is 10.2 Å². The van der Waals surface area contributed by atoms with Crippen LogP contribution in [0.25, 0.3) is 0 Å². The Bertz CT molecular complexity index is 296. The number of carboxylic acid groups (broad SMARTS) is 2. The van der Waals surface area contributed by atoms with E-state index in [0.717, 1.165) is 25.7 Å². The molecule has 0 bridgehead atoms. The first-order valence-electron chi connectivity index (χ1n) is 11.1. The molecule has 0 spiro atoms. The maximum atomic E-state index is 10.4. The van der Waals surface area contributed by atoms with E-state index in [1.54, 1.807) is 0 Å². The molecule has 0 aromatic heterocycles. The lowest BCUT2D eigenvalue weighted by atomic mass is 10.0. The van der Waals surface area contributed by atoms with Crippen LogP contribution in [0.5, 0.6) is 0 Å². The minimum atomic E-state index is -0.676. The van der Waals surface area contributed by atoms with Crippen LogP contribution in [0.15, 0.2) is 39.5 Å². The summed E-state index contributed by atoms with van der Waals surface area (Å²) in [7, 11) is 0. The number of carbonyl (C=O) groups is 2. The van der Waals surface area contributed by atoms with Crippen LogP contribution in [0.1, 0.15) is 109 Å². The van der Waals surface area contributed by atoms with Gasteiger partial charge in [-0.15, -0.1) is 39.5 Å². The van der Waals surface area contributed by atoms with Gasteiger partial charge in [-0.25, -0.2) is 0 Å². The van der Waals surface area contributed by atoms with Crippen molar-refractivity contribution in [3.05, 3.63) is 39.5 Å². The fraction of sp³-hybridized carbons (Fsp3) is 0.680. The van der Waals surface area contributed by atoms with Gasteiger partial charge in [0, 0.05) is 12.8 Å². The summed E-state index contributed by atoms with van der Waals surface area (Å²) < 4.78 is 0. The zero-order chi connectivity index (χ0) is 23.2. The standard InChI is InChI=1S/C19H36O4.3C2H4/c20-18(21)16-14-12-10-8-6-4-2-1-3-5-7-9-11-13-15-17-19(22)23;3*1-2/h1-17H2,(H,20,21)(H,22,23);3*1-2H2. The molecule has 0 amide bonds. The number of aliphatic carboxylic acids is 2. The molecule has 0 heterocycles. The van der Waals surface area contributed by atoms with Crippen molar-refractivity contribution in [1.29, 1.82) is 0 Å². The predicted molar refractivity (Wildman–Crippen MR) is 128 cm³/mol. The lowest BCUT2D eigenvalue weighted by Crippen LogP contribution is -1.93. The number of carboxylic acids is 2. The summed E-state index contributed by atoms with van der Waals surface area (Å²) in [6, 6.07) is 0. The molecule has 0 aromatic carbocycles. The van der Waals surface area contributed by atoms with Crippen molar-refractivity contribution in [1.82, 2.24) is 0 Å². The van der Waals surface area contributed by atoms with Crippen LogP contribution in [0.3, 0.4) is 0 Å². The molecule has 0 saturated carbocycles. The lowest BCUT2D eigenvalue weighted by molar-refractivity contribution is -0.138. The molecule has 29 heavy (non-hydrogen) atoms. The van der Waals surface area contributed by atoms with E-state index in [-0.39, 0.29) is 0 Å². The quantitative estimate of drug-likeness (QED) is 0.176. The van der Waals surface area contributed by atoms with Crippen LogP contribution < -0.4 is 0 Å². The molecule has 0 saturated heterocycles. The van der Waals surface area contributed by atoms with E-state index in [2.05, 4.69) is 39.5 Å². The minimum absolute atomic E-state index is 0.319. The maximum absolute atomic E-state index is 10.4. The molecule has 172 valence electrons. The van der Waals surface area contributed by atoms with Crippen LogP contribution in [0, 0.1) is 0 Å². The van der Waals surface area contributed by atoms with Gasteiger partial charge in [-0.3, -0.25) is 9.59 Å². The van der Waals surface area contributed by atoms with Crippen LogP contribution in [0.4, 0.5) is 0 Å². The molecule has 0 aliphatic heterocycles. The van der Waals surface area contributed by atoms with Crippen molar-refractivity contribution < 1.29 is 19.8 Å². The first-order chi connectivity index (χ1) is 14.1. The average Bonchev–Trinajstić information content (AvgIpc) is 2.74. The van der Waals surface area contributed by atoms with Gasteiger partial charge in [-0.2, -0.15) is 0 Å². The molecule has 4 heteroatoms. The fourth-order valence-electron chi connectivity index (χ4n) is 2.85. The van der Waals surface area contributed by atoms with Gasteiger partial charge < -0.3 is 10.2 Å². The molecule has 0 aliphatic rings. The third-order valence-electron chi connectivity index (χ3n) is 4.28. The van der Waals surface area contributed by atoms with Crippen molar-refractivity contribution in [3.8, 4) is 0 Å². The van der Waals surface area contributed by atoms with Crippen molar-refractivity contribution >= 4 is 11.9 Å². The second-order valence-corrected chi connectivity index (χ2v) is 6.59. The van der Waals surface area contributed by atoms with Crippen LogP contribution >= 0.6 is 0 Å². The van der Waals surface area contributed by atoms with Crippen molar-refractivity contribution in [2.45, 2.75) is 109 Å². The van der Waals surface area contributed by atoms with E-state index in [0.29, 0.717) is 12.8 Å². The number of hydrogen-bond acceptors (Lipinski definition) is 2. The minimum Gasteiger partial charge on any atom is -0.481 e. The molecule has 0 aromatic rings. The highest BCUT2D eigenvalue weighted by molar-refractivity contribution is 5.66. The highest BCUT2D eigenvalue weighted by Gasteiger charge is 1.98. The van der Waals surface area contributed by atoms with Gasteiger partial charge in [0.2, 0.25) is 0 Å². The summed E-state index contributed by atoms with van der Waals surface area (Å²) in [5, 5.41) is 17.1. The van der Waals surface area contributed by atoms with Gasteiger partial charge in [-0.1, -0.05) is 83.5 Å². The molecule has 0 atom stereocenters. The molecule has 2 N–H and O–H groups in total. The van der Waals surface area contributed by atoms with Crippen molar-refractivity contribution in [2.24, 2.45) is 0 Å². The van der Waals surface area contributed by atoms with E-state index < -0.39 is 11.9 Å². The smallest absolute Gasteiger partial charge is 0.303 e. The van der Waals surface area contributed by atoms with Crippen LogP contribution in [-0.2, 0) is 9.59 Å². The van der Waals surface area contributed by atoms with E-state index in [1.807, 2.05) is 0 Å². The van der Waals surface area contributed by atoms with Gasteiger partial charge in [0.1, 0.15) is 0 Å². The molecular weight excluding hydrogens is 364 g/mol. The number of hydrogen-bond donors (Lipinski definition) is 2. The van der Waals surface area contributed by atoms with E-state index in [9.17, 15) is 9.59 Å². The van der Waals surface area contributed by atoms with Crippen LogP contribution in [0.2, 0.25) is 0 Å². The Morgan fingerprint density at radius 1 is 0.379 bits per heavy atom. The Hall–Kier alpha value is -1.84. The molecular formula is C25H48O4. The molecule has 0 fully saturated rings. The van der Waals surface area contributed by atoms with Crippen LogP contribution in [-0.4, -0.2) is 22.2 Å². The lowest BCUT2D eigenvalue weighted by Gasteiger charge is -2.03. The number of unbranched alkanes of at least 4 members (excludes halogenated alkanes) is 14. The SMILES string of the molecule is C=C.C=C.C=C.O=C(O)CCCCCCCCCCCCCCCCCC(=O)O. The molecule has 0 rings (SSSR count). The summed E-state index contributed by atoms with van der Waals surface area (Å²) in [5.41, 5.74) is 0. The summed E-state index contributed by atoms with van der Waals surface area (Å²) in [5.74, 6) is -1.35. The highest BCUT2D eigenvalue weighted by Crippen LogP contribution is 2.14. The Balaban J connectivity index is -0.000000472. The Morgan fingerprint density at radius 3 is 0.655 bits per heavy atom. The monoisotopic (exact) mass is 412 g/mol. The van der Waals surface area contributed by atoms with Gasteiger partial charge >= 0.3 is 11.9 Å². The fourth-order valence-corrected chi connectivity index (χ4v) is 2.85. The third-order valence-corrected chi connectivity index (χ3v) is 4.28.